The van der Waals surface area contributed by atoms with Gasteiger partial charge in [0.25, 0.3) is 0 Å². The third-order valence-electron chi connectivity index (χ3n) is 3.38. The number of nitrogens with one attached hydrogen (secondary N) is 2. The van der Waals surface area contributed by atoms with Gasteiger partial charge in [0.2, 0.25) is 11.8 Å². The summed E-state index contributed by atoms with van der Waals surface area (Å²) in [5.41, 5.74) is 0.850. The fraction of sp³-hybridized carbons (Fsp3) is 0.471. The molecule has 3 N–H and O–H groups in total. The monoisotopic (exact) mass is 354 g/mol. The molecule has 6 nitrogen and oxygen atoms in total. The number of rotatable bonds is 9. The summed E-state index contributed by atoms with van der Waals surface area (Å²) in [6, 6.07) is 7.28. The van der Waals surface area contributed by atoms with Crippen LogP contribution in [0.25, 0.3) is 0 Å². The van der Waals surface area contributed by atoms with Crippen LogP contribution >= 0.6 is 11.6 Å². The Labute approximate surface area is 146 Å². The number of hydrogen-bond acceptors (Lipinski definition) is 3. The van der Waals surface area contributed by atoms with Crippen LogP contribution in [0.4, 0.5) is 0 Å². The summed E-state index contributed by atoms with van der Waals surface area (Å²) >= 11 is 5.49. The van der Waals surface area contributed by atoms with Gasteiger partial charge >= 0.3 is 5.97 Å². The predicted octanol–water partition coefficient (Wildman–Crippen LogP) is 1.57. The van der Waals surface area contributed by atoms with E-state index in [1.165, 1.54) is 0 Å². The first-order valence-corrected chi connectivity index (χ1v) is 8.29. The van der Waals surface area contributed by atoms with Gasteiger partial charge < -0.3 is 15.7 Å². The molecule has 2 amide bonds. The van der Waals surface area contributed by atoms with E-state index < -0.39 is 29.9 Å². The van der Waals surface area contributed by atoms with E-state index in [4.69, 9.17) is 11.6 Å². The average Bonchev–Trinajstić information content (AvgIpc) is 2.53. The molecule has 0 aliphatic heterocycles. The molecule has 132 valence electrons. The normalized spacial score (nSPS) is 13.2. The lowest BCUT2D eigenvalue weighted by Gasteiger charge is -2.22. The lowest BCUT2D eigenvalue weighted by Crippen LogP contribution is -2.53. The van der Waals surface area contributed by atoms with Crippen LogP contribution in [-0.4, -0.2) is 40.9 Å². The second-order valence-corrected chi connectivity index (χ2v) is 6.24. The van der Waals surface area contributed by atoms with E-state index in [-0.39, 0.29) is 18.2 Å². The van der Waals surface area contributed by atoms with E-state index in [9.17, 15) is 19.5 Å². The van der Waals surface area contributed by atoms with Gasteiger partial charge in [-0.15, -0.1) is 11.6 Å². The fourth-order valence-electron chi connectivity index (χ4n) is 2.26. The van der Waals surface area contributed by atoms with Gasteiger partial charge in [-0.2, -0.15) is 0 Å². The van der Waals surface area contributed by atoms with E-state index in [0.29, 0.717) is 6.42 Å². The zero-order chi connectivity index (χ0) is 18.1. The van der Waals surface area contributed by atoms with Crippen LogP contribution in [-0.2, 0) is 20.8 Å². The first kappa shape index (κ1) is 20.0. The summed E-state index contributed by atoms with van der Waals surface area (Å²) < 4.78 is 0. The molecule has 0 aromatic heterocycles. The lowest BCUT2D eigenvalue weighted by atomic mass is 10.0. The van der Waals surface area contributed by atoms with Crippen LogP contribution < -0.4 is 10.6 Å². The summed E-state index contributed by atoms with van der Waals surface area (Å²) in [7, 11) is 0. The largest absolute Gasteiger partial charge is 0.480 e. The third-order valence-corrected chi connectivity index (χ3v) is 3.62. The highest BCUT2D eigenvalue weighted by Gasteiger charge is 2.27. The lowest BCUT2D eigenvalue weighted by molar-refractivity contribution is -0.142. The minimum absolute atomic E-state index is 0.108. The molecule has 7 heteroatoms. The van der Waals surface area contributed by atoms with Crippen molar-refractivity contribution in [1.29, 1.82) is 0 Å². The number of benzene rings is 1. The number of amides is 2. The maximum atomic E-state index is 12.5. The fourth-order valence-corrected chi connectivity index (χ4v) is 2.33. The van der Waals surface area contributed by atoms with Crippen molar-refractivity contribution in [1.82, 2.24) is 10.6 Å². The highest BCUT2D eigenvalue weighted by molar-refractivity contribution is 6.27. The summed E-state index contributed by atoms with van der Waals surface area (Å²) in [5.74, 6) is -2.28. The molecule has 0 aliphatic rings. The zero-order valence-electron chi connectivity index (χ0n) is 13.8. The van der Waals surface area contributed by atoms with Gasteiger partial charge in [-0.1, -0.05) is 44.2 Å². The second kappa shape index (κ2) is 9.93. The first-order chi connectivity index (χ1) is 11.3. The van der Waals surface area contributed by atoms with Gasteiger partial charge in [0, 0.05) is 6.42 Å². The Morgan fingerprint density at radius 1 is 1.08 bits per heavy atom. The molecule has 0 heterocycles. The molecule has 0 saturated carbocycles. The van der Waals surface area contributed by atoms with Crippen molar-refractivity contribution >= 4 is 29.4 Å². The topological polar surface area (TPSA) is 95.5 Å². The quantitative estimate of drug-likeness (QED) is 0.586. The van der Waals surface area contributed by atoms with Gasteiger partial charge in [-0.3, -0.25) is 9.59 Å². The zero-order valence-corrected chi connectivity index (χ0v) is 14.5. The molecule has 0 radical (unpaired) electrons. The molecular weight excluding hydrogens is 332 g/mol. The summed E-state index contributed by atoms with van der Waals surface area (Å²) in [5, 5.41) is 14.3. The number of alkyl halides is 1. The second-order valence-electron chi connectivity index (χ2n) is 5.97. The van der Waals surface area contributed by atoms with Crippen LogP contribution in [0, 0.1) is 5.92 Å². The predicted molar refractivity (Wildman–Crippen MR) is 91.8 cm³/mol. The van der Waals surface area contributed by atoms with Crippen molar-refractivity contribution < 1.29 is 19.5 Å². The molecule has 1 aromatic carbocycles. The van der Waals surface area contributed by atoms with E-state index in [1.807, 2.05) is 44.2 Å². The van der Waals surface area contributed by atoms with E-state index in [2.05, 4.69) is 10.6 Å². The minimum Gasteiger partial charge on any atom is -0.480 e. The molecule has 0 spiro atoms. The molecule has 1 aromatic rings. The Hall–Kier alpha value is -2.08. The van der Waals surface area contributed by atoms with Gasteiger partial charge in [-0.25, -0.2) is 4.79 Å². The first-order valence-electron chi connectivity index (χ1n) is 7.76. The van der Waals surface area contributed by atoms with Crippen molar-refractivity contribution in [2.75, 3.05) is 5.88 Å². The van der Waals surface area contributed by atoms with Crippen LogP contribution in [0.15, 0.2) is 30.3 Å². The highest BCUT2D eigenvalue weighted by atomic mass is 35.5. The van der Waals surface area contributed by atoms with Crippen LogP contribution in [0.2, 0.25) is 0 Å². The van der Waals surface area contributed by atoms with Gasteiger partial charge in [0.15, 0.2) is 0 Å². The number of hydrogen-bond donors (Lipinski definition) is 3. The summed E-state index contributed by atoms with van der Waals surface area (Å²) in [6.07, 6.45) is 0.561. The maximum absolute atomic E-state index is 12.5. The van der Waals surface area contributed by atoms with Crippen LogP contribution in [0.1, 0.15) is 25.8 Å². The Morgan fingerprint density at radius 2 is 1.71 bits per heavy atom. The average molecular weight is 355 g/mol. The Bertz CT molecular complexity index is 563. The third kappa shape index (κ3) is 7.00. The number of carboxylic acids is 1. The summed E-state index contributed by atoms with van der Waals surface area (Å²) in [4.78, 5) is 35.3. The van der Waals surface area contributed by atoms with Crippen LogP contribution in [0.5, 0.6) is 0 Å². The molecule has 24 heavy (non-hydrogen) atoms. The number of halogens is 1. The maximum Gasteiger partial charge on any atom is 0.326 e. The standard InChI is InChI=1S/C17H23ClN2O4/c1-11(2)8-14(17(23)24)20-16(22)13(19-15(21)10-18)9-12-6-4-3-5-7-12/h3-7,11,13-14H,8-10H2,1-2H3,(H,19,21)(H,20,22)(H,23,24)/t13-,14-/m1/s1. The van der Waals surface area contributed by atoms with E-state index in [0.717, 1.165) is 5.56 Å². The number of carbonyl (C=O) groups excluding carboxylic acids is 2. The number of carbonyl (C=O) groups is 3. The van der Waals surface area contributed by atoms with Crippen molar-refractivity contribution in [2.45, 2.75) is 38.8 Å². The number of aliphatic carboxylic acids is 1. The molecule has 0 fully saturated rings. The van der Waals surface area contributed by atoms with E-state index in [1.54, 1.807) is 0 Å². The Morgan fingerprint density at radius 3 is 2.21 bits per heavy atom. The smallest absolute Gasteiger partial charge is 0.326 e. The molecule has 1 rings (SSSR count). The van der Waals surface area contributed by atoms with Gasteiger partial charge in [-0.05, 0) is 17.9 Å². The van der Waals surface area contributed by atoms with Gasteiger partial charge in [0.1, 0.15) is 18.0 Å². The molecular formula is C17H23ClN2O4. The molecule has 0 bridgehead atoms. The molecule has 0 aliphatic carbocycles. The van der Waals surface area contributed by atoms with Crippen molar-refractivity contribution in [3.63, 3.8) is 0 Å². The SMILES string of the molecule is CC(C)C[C@@H](NC(=O)[C@@H](Cc1ccccc1)NC(=O)CCl)C(=O)O. The summed E-state index contributed by atoms with van der Waals surface area (Å²) in [6.45, 7) is 3.75. The molecule has 2 atom stereocenters. The number of carboxylic acid groups (broad SMARTS) is 1. The minimum atomic E-state index is -1.10. The molecule has 0 saturated heterocycles. The Kier molecular flexibility index (Phi) is 8.26. The van der Waals surface area contributed by atoms with Crippen molar-refractivity contribution in [3.8, 4) is 0 Å². The van der Waals surface area contributed by atoms with Crippen molar-refractivity contribution in [3.05, 3.63) is 35.9 Å². The van der Waals surface area contributed by atoms with E-state index >= 15 is 0 Å². The molecule has 0 unspecified atom stereocenters. The highest BCUT2D eigenvalue weighted by Crippen LogP contribution is 2.08. The van der Waals surface area contributed by atoms with Gasteiger partial charge in [0.05, 0.1) is 0 Å². The van der Waals surface area contributed by atoms with Crippen LogP contribution in [0.3, 0.4) is 0 Å². The van der Waals surface area contributed by atoms with Crippen molar-refractivity contribution in [2.24, 2.45) is 5.92 Å². The Balaban J connectivity index is 2.85.